The van der Waals surface area contributed by atoms with E-state index in [4.69, 9.17) is 4.74 Å². The van der Waals surface area contributed by atoms with Crippen LogP contribution in [0.15, 0.2) is 24.3 Å². The molecule has 0 radical (unpaired) electrons. The third kappa shape index (κ3) is 5.02. The van der Waals surface area contributed by atoms with Crippen molar-refractivity contribution >= 4 is 6.03 Å². The molecule has 0 heterocycles. The summed E-state index contributed by atoms with van der Waals surface area (Å²) in [7, 11) is 1.52. The minimum atomic E-state index is -0.681. The van der Waals surface area contributed by atoms with E-state index in [1.54, 1.807) is 0 Å². The van der Waals surface area contributed by atoms with Crippen molar-refractivity contribution in [1.82, 2.24) is 10.6 Å². The highest BCUT2D eigenvalue weighted by Crippen LogP contribution is 2.40. The number of ether oxygens (including phenoxy) is 1. The fraction of sp³-hybridized carbons (Fsp3) is 0.562. The summed E-state index contributed by atoms with van der Waals surface area (Å²) in [5.41, 5.74) is 2.34. The van der Waals surface area contributed by atoms with E-state index in [0.717, 1.165) is 18.4 Å². The molecule has 1 saturated carbocycles. The second kappa shape index (κ2) is 7.43. The summed E-state index contributed by atoms with van der Waals surface area (Å²) in [6, 6.07) is 8.06. The lowest BCUT2D eigenvalue weighted by molar-refractivity contribution is 0.0659. The average molecular weight is 292 g/mol. The summed E-state index contributed by atoms with van der Waals surface area (Å²) in [5, 5.41) is 15.2. The summed E-state index contributed by atoms with van der Waals surface area (Å²) in [6.45, 7) is 2.45. The molecule has 0 spiro atoms. The van der Waals surface area contributed by atoms with Crippen LogP contribution in [-0.4, -0.2) is 37.5 Å². The fourth-order valence-electron chi connectivity index (χ4n) is 2.33. The largest absolute Gasteiger partial charge is 0.389 e. The number of amides is 2. The van der Waals surface area contributed by atoms with Crippen molar-refractivity contribution in [2.45, 2.75) is 31.9 Å². The van der Waals surface area contributed by atoms with E-state index in [1.807, 2.05) is 6.92 Å². The Bertz CT molecular complexity index is 457. The van der Waals surface area contributed by atoms with Gasteiger partial charge in [-0.05, 0) is 31.2 Å². The highest BCUT2D eigenvalue weighted by molar-refractivity contribution is 5.74. The van der Waals surface area contributed by atoms with Crippen LogP contribution >= 0.6 is 0 Å². The van der Waals surface area contributed by atoms with Crippen molar-refractivity contribution in [3.05, 3.63) is 35.4 Å². The van der Waals surface area contributed by atoms with Crippen LogP contribution < -0.4 is 10.6 Å². The number of aryl methyl sites for hydroxylation is 1. The van der Waals surface area contributed by atoms with Gasteiger partial charge in [0.1, 0.15) is 0 Å². The number of urea groups is 1. The van der Waals surface area contributed by atoms with E-state index >= 15 is 0 Å². The Morgan fingerprint density at radius 2 is 2.05 bits per heavy atom. The molecular formula is C16H24N2O3. The van der Waals surface area contributed by atoms with Gasteiger partial charge in [-0.25, -0.2) is 4.79 Å². The second-order valence-corrected chi connectivity index (χ2v) is 5.69. The number of rotatable bonds is 7. The maximum Gasteiger partial charge on any atom is 0.315 e. The maximum absolute atomic E-state index is 12.0. The first kappa shape index (κ1) is 15.8. The van der Waals surface area contributed by atoms with Crippen LogP contribution in [0.1, 0.15) is 30.0 Å². The van der Waals surface area contributed by atoms with Gasteiger partial charge in [0, 0.05) is 13.7 Å². The minimum Gasteiger partial charge on any atom is -0.389 e. The van der Waals surface area contributed by atoms with Gasteiger partial charge in [0.25, 0.3) is 0 Å². The predicted octanol–water partition coefficient (Wildman–Crippen LogP) is 1.75. The molecule has 1 aromatic carbocycles. The Labute approximate surface area is 125 Å². The summed E-state index contributed by atoms with van der Waals surface area (Å²) < 4.78 is 4.82. The Morgan fingerprint density at radius 3 is 2.62 bits per heavy atom. The molecule has 0 bridgehead atoms. The Balaban J connectivity index is 1.88. The molecule has 1 fully saturated rings. The molecule has 21 heavy (non-hydrogen) atoms. The van der Waals surface area contributed by atoms with E-state index in [1.165, 1.54) is 12.7 Å². The highest BCUT2D eigenvalue weighted by Gasteiger charge is 2.33. The summed E-state index contributed by atoms with van der Waals surface area (Å²) >= 11 is 0. The lowest BCUT2D eigenvalue weighted by Crippen LogP contribution is -2.42. The van der Waals surface area contributed by atoms with Crippen LogP contribution in [0.25, 0.3) is 0 Å². The molecular weight excluding hydrogens is 268 g/mol. The maximum atomic E-state index is 12.0. The van der Waals surface area contributed by atoms with Crippen molar-refractivity contribution in [3.8, 4) is 0 Å². The number of methoxy groups -OCH3 is 1. The zero-order chi connectivity index (χ0) is 15.2. The van der Waals surface area contributed by atoms with Gasteiger partial charge in [-0.15, -0.1) is 0 Å². The first-order valence-corrected chi connectivity index (χ1v) is 7.38. The van der Waals surface area contributed by atoms with Crippen LogP contribution in [0.3, 0.4) is 0 Å². The van der Waals surface area contributed by atoms with E-state index in [0.29, 0.717) is 5.92 Å². The first-order chi connectivity index (χ1) is 10.1. The number of aliphatic hydroxyl groups is 1. The average Bonchev–Trinajstić information content (AvgIpc) is 3.29. The van der Waals surface area contributed by atoms with Crippen LogP contribution in [0.5, 0.6) is 0 Å². The SMILES string of the molecule is COCC(O)CNC(=O)NC(c1ccc(C)cc1)C1CC1. The van der Waals surface area contributed by atoms with Crippen molar-refractivity contribution in [1.29, 1.82) is 0 Å². The number of nitrogens with one attached hydrogen (secondary N) is 2. The lowest BCUT2D eigenvalue weighted by atomic mass is 10.0. The molecule has 5 nitrogen and oxygen atoms in total. The number of hydrogen-bond donors (Lipinski definition) is 3. The number of carbonyl (C=O) groups excluding carboxylic acids is 1. The molecule has 2 unspecified atom stereocenters. The van der Waals surface area contributed by atoms with Crippen LogP contribution in [-0.2, 0) is 4.74 Å². The molecule has 0 aromatic heterocycles. The first-order valence-electron chi connectivity index (χ1n) is 7.38. The molecule has 0 aliphatic heterocycles. The van der Waals surface area contributed by atoms with Gasteiger partial charge in [-0.2, -0.15) is 0 Å². The van der Waals surface area contributed by atoms with Gasteiger partial charge >= 0.3 is 6.03 Å². The third-order valence-electron chi connectivity index (χ3n) is 3.67. The minimum absolute atomic E-state index is 0.0465. The van der Waals surface area contributed by atoms with Crippen molar-refractivity contribution < 1.29 is 14.6 Å². The van der Waals surface area contributed by atoms with Crippen molar-refractivity contribution in [2.24, 2.45) is 5.92 Å². The normalized spacial score (nSPS) is 17.1. The van der Waals surface area contributed by atoms with E-state index in [2.05, 4.69) is 34.9 Å². The van der Waals surface area contributed by atoms with Gasteiger partial charge in [0.05, 0.1) is 18.8 Å². The number of carbonyl (C=O) groups is 1. The molecule has 2 atom stereocenters. The van der Waals surface area contributed by atoms with E-state index in [9.17, 15) is 9.90 Å². The molecule has 2 amide bonds. The summed E-state index contributed by atoms with van der Waals surface area (Å²) in [4.78, 5) is 12.0. The van der Waals surface area contributed by atoms with Crippen LogP contribution in [0, 0.1) is 12.8 Å². The Kier molecular flexibility index (Phi) is 5.59. The zero-order valence-corrected chi connectivity index (χ0v) is 12.6. The third-order valence-corrected chi connectivity index (χ3v) is 3.67. The highest BCUT2D eigenvalue weighted by atomic mass is 16.5. The van der Waals surface area contributed by atoms with Crippen LogP contribution in [0.2, 0.25) is 0 Å². The molecule has 2 rings (SSSR count). The van der Waals surface area contributed by atoms with Gasteiger partial charge in [0.15, 0.2) is 0 Å². The molecule has 1 aromatic rings. The van der Waals surface area contributed by atoms with Gasteiger partial charge in [-0.3, -0.25) is 0 Å². The molecule has 116 valence electrons. The molecule has 1 aliphatic carbocycles. The lowest BCUT2D eigenvalue weighted by Gasteiger charge is -2.20. The molecule has 5 heteroatoms. The number of aliphatic hydroxyl groups excluding tert-OH is 1. The van der Waals surface area contributed by atoms with E-state index in [-0.39, 0.29) is 25.2 Å². The van der Waals surface area contributed by atoms with Gasteiger partial charge in [0.2, 0.25) is 0 Å². The summed E-state index contributed by atoms with van der Waals surface area (Å²) in [5.74, 6) is 0.516. The van der Waals surface area contributed by atoms with Gasteiger partial charge < -0.3 is 20.5 Å². The quantitative estimate of drug-likeness (QED) is 0.717. The van der Waals surface area contributed by atoms with Crippen molar-refractivity contribution in [2.75, 3.05) is 20.3 Å². The summed E-state index contributed by atoms with van der Waals surface area (Å²) in [6.07, 6.45) is 1.61. The Hall–Kier alpha value is -1.59. The number of hydrogen-bond acceptors (Lipinski definition) is 3. The standard InChI is InChI=1S/C16H24N2O3/c1-11-3-5-12(6-4-11)15(13-7-8-13)18-16(20)17-9-14(19)10-21-2/h3-6,13-15,19H,7-10H2,1-2H3,(H2,17,18,20). The Morgan fingerprint density at radius 1 is 1.38 bits per heavy atom. The smallest absolute Gasteiger partial charge is 0.315 e. The predicted molar refractivity (Wildman–Crippen MR) is 81.1 cm³/mol. The topological polar surface area (TPSA) is 70.6 Å². The molecule has 0 saturated heterocycles. The van der Waals surface area contributed by atoms with E-state index < -0.39 is 6.10 Å². The molecule has 3 N–H and O–H groups in total. The number of benzene rings is 1. The monoisotopic (exact) mass is 292 g/mol. The van der Waals surface area contributed by atoms with Gasteiger partial charge in [-0.1, -0.05) is 29.8 Å². The second-order valence-electron chi connectivity index (χ2n) is 5.69. The van der Waals surface area contributed by atoms with Crippen molar-refractivity contribution in [3.63, 3.8) is 0 Å². The zero-order valence-electron chi connectivity index (χ0n) is 12.6. The molecule has 1 aliphatic rings. The van der Waals surface area contributed by atoms with Crippen LogP contribution in [0.4, 0.5) is 4.79 Å². The fourth-order valence-corrected chi connectivity index (χ4v) is 2.33.